The minimum Gasteiger partial charge on any atom is -0.347 e. The lowest BCUT2D eigenvalue weighted by atomic mass is 9.81. The van der Waals surface area contributed by atoms with Crippen LogP contribution in [0.2, 0.25) is 0 Å². The molecule has 5 aliphatic rings. The van der Waals surface area contributed by atoms with E-state index in [1.54, 1.807) is 62.0 Å². The zero-order valence-electron chi connectivity index (χ0n) is 49.0. The van der Waals surface area contributed by atoms with Crippen LogP contribution in [-0.2, 0) is 51.2 Å². The Kier molecular flexibility index (Phi) is 24.5. The highest BCUT2D eigenvalue weighted by molar-refractivity contribution is 5.92. The molecular formula is C62H92F2N10O8. The number of amides is 8. The molecule has 8 amide bonds. The molecule has 0 unspecified atom stereocenters. The Hall–Kier alpha value is -6.02. The monoisotopic (exact) mass is 1140 g/mol. The van der Waals surface area contributed by atoms with Crippen LogP contribution in [0.1, 0.15) is 141 Å². The van der Waals surface area contributed by atoms with Crippen LogP contribution >= 0.6 is 0 Å². The summed E-state index contributed by atoms with van der Waals surface area (Å²) in [6.45, 7) is 4.97. The fraction of sp³-hybridized carbons (Fsp3) is 0.677. The first kappa shape index (κ1) is 63.6. The van der Waals surface area contributed by atoms with Gasteiger partial charge < -0.3 is 51.5 Å². The van der Waals surface area contributed by atoms with E-state index in [9.17, 15) is 47.1 Å². The molecule has 7 rings (SSSR count). The number of hydrogen-bond donors (Lipinski definition) is 6. The van der Waals surface area contributed by atoms with Crippen LogP contribution in [0, 0.1) is 35.3 Å². The summed E-state index contributed by atoms with van der Waals surface area (Å²) in [5.74, 6) is -3.57. The Morgan fingerprint density at radius 2 is 0.854 bits per heavy atom. The van der Waals surface area contributed by atoms with Gasteiger partial charge in [0.25, 0.3) is 0 Å². The van der Waals surface area contributed by atoms with E-state index in [-0.39, 0.29) is 122 Å². The van der Waals surface area contributed by atoms with Crippen molar-refractivity contribution in [2.24, 2.45) is 23.7 Å². The third-order valence-electron chi connectivity index (χ3n) is 18.4. The fourth-order valence-electron chi connectivity index (χ4n) is 12.9. The molecule has 2 aromatic rings. The van der Waals surface area contributed by atoms with Crippen molar-refractivity contribution < 1.29 is 47.1 Å². The van der Waals surface area contributed by atoms with Crippen LogP contribution in [0.3, 0.4) is 0 Å². The molecule has 6 N–H and O–H groups in total. The molecule has 2 saturated heterocycles. The Bertz CT molecular complexity index is 2280. The van der Waals surface area contributed by atoms with Crippen LogP contribution in [0.15, 0.2) is 48.5 Å². The Morgan fingerprint density at radius 3 is 1.20 bits per heavy atom. The number of carbonyl (C=O) groups is 8. The quantitative estimate of drug-likeness (QED) is 0.0758. The van der Waals surface area contributed by atoms with Crippen molar-refractivity contribution in [3.63, 3.8) is 0 Å². The summed E-state index contributed by atoms with van der Waals surface area (Å²) in [7, 11) is 3.41. The third-order valence-corrected chi connectivity index (χ3v) is 18.4. The molecule has 6 atom stereocenters. The summed E-state index contributed by atoms with van der Waals surface area (Å²) in [5.41, 5.74) is 1.66. The number of nitrogens with one attached hydrogen (secondary N) is 6. The maximum atomic E-state index is 14.5. The maximum Gasteiger partial charge on any atom is 0.245 e. The van der Waals surface area contributed by atoms with Gasteiger partial charge >= 0.3 is 0 Å². The summed E-state index contributed by atoms with van der Waals surface area (Å²) in [4.78, 5) is 118. The van der Waals surface area contributed by atoms with Gasteiger partial charge in [-0.05, 0) is 165 Å². The SMILES string of the molecule is CN[C@@H](C)C(=O)N[C@H](C(=O)N1CCC[C@@H]1CN(CCc1ccc(F)cc1)C(=O)CNC(=O)C1CCC(C(=O)NCC(=O)N(CCc2ccc(F)cc2)C[C@@H]2CCCN2C(=O)[C@@H](NC(=O)[C@H](C)NC)C2CCCCC2)CC1)C1CCCCC1. The Morgan fingerprint density at radius 1 is 0.500 bits per heavy atom. The lowest BCUT2D eigenvalue weighted by molar-refractivity contribution is -0.141. The number of hydrogen-bond acceptors (Lipinski definition) is 10. The van der Waals surface area contributed by atoms with Gasteiger partial charge in [0.1, 0.15) is 23.7 Å². The number of halogens is 2. The highest BCUT2D eigenvalue weighted by atomic mass is 19.1. The van der Waals surface area contributed by atoms with Gasteiger partial charge in [-0.3, -0.25) is 38.4 Å². The molecule has 82 heavy (non-hydrogen) atoms. The standard InChI is InChI=1S/C62H92F2N10O8/c1-41(65-3)57(77)69-55(45-13-7-5-8-14-45)61(81)73-33-11-17-51(73)39-71(35-31-43-19-27-49(63)28-20-43)53(75)37-67-59(79)47-23-25-48(26-24-47)60(80)68-38-54(76)72(36-32-44-21-29-50(64)30-22-44)40-52-18-12-34-74(52)62(82)56(46-15-9-6-10-16-46)70-58(78)42(2)66-4/h19-22,27-30,41-42,45-48,51-52,55-56,65-66H,5-18,23-26,31-40H2,1-4H3,(H,67,79)(H,68,80)(H,69,77)(H,70,78)/t41-,42-,47?,48?,51-,52+,55-,56-/m0/s1. The second-order valence-electron chi connectivity index (χ2n) is 23.9. The molecule has 2 heterocycles. The van der Waals surface area contributed by atoms with Gasteiger partial charge in [0.2, 0.25) is 47.3 Å². The molecule has 3 aliphatic carbocycles. The van der Waals surface area contributed by atoms with E-state index in [0.717, 1.165) is 88.2 Å². The largest absolute Gasteiger partial charge is 0.347 e. The third kappa shape index (κ3) is 18.0. The Balaban J connectivity index is 0.934. The van der Waals surface area contributed by atoms with Crippen molar-refractivity contribution in [2.75, 3.05) is 66.5 Å². The van der Waals surface area contributed by atoms with Crippen LogP contribution in [0.4, 0.5) is 8.78 Å². The van der Waals surface area contributed by atoms with E-state index in [1.807, 2.05) is 9.80 Å². The molecule has 452 valence electrons. The normalized spacial score (nSPS) is 22.1. The molecule has 20 heteroatoms. The zero-order valence-corrected chi connectivity index (χ0v) is 49.0. The molecule has 18 nitrogen and oxygen atoms in total. The molecule has 0 aromatic heterocycles. The minimum atomic E-state index is -0.677. The summed E-state index contributed by atoms with van der Waals surface area (Å²) >= 11 is 0. The topological polar surface area (TPSA) is 222 Å². The number of likely N-dealkylation sites (tertiary alicyclic amines) is 2. The van der Waals surface area contributed by atoms with Gasteiger partial charge in [-0.1, -0.05) is 62.8 Å². The van der Waals surface area contributed by atoms with Crippen LogP contribution in [0.5, 0.6) is 0 Å². The number of nitrogens with zero attached hydrogens (tertiary/aromatic N) is 4. The van der Waals surface area contributed by atoms with Gasteiger partial charge in [-0.15, -0.1) is 0 Å². The average molecular weight is 1140 g/mol. The van der Waals surface area contributed by atoms with E-state index in [2.05, 4.69) is 31.9 Å². The molecule has 3 saturated carbocycles. The number of benzene rings is 2. The minimum absolute atomic E-state index is 0.0117. The van der Waals surface area contributed by atoms with E-state index < -0.39 is 36.0 Å². The van der Waals surface area contributed by atoms with Crippen LogP contribution in [-0.4, -0.2) is 170 Å². The van der Waals surface area contributed by atoms with Crippen molar-refractivity contribution in [1.82, 2.24) is 51.5 Å². The van der Waals surface area contributed by atoms with Crippen molar-refractivity contribution in [3.8, 4) is 0 Å². The molecule has 5 fully saturated rings. The molecule has 0 spiro atoms. The van der Waals surface area contributed by atoms with Crippen molar-refractivity contribution in [1.29, 1.82) is 0 Å². The number of carbonyl (C=O) groups excluding carboxylic acids is 8. The summed E-state index contributed by atoms with van der Waals surface area (Å²) in [5, 5.41) is 17.8. The number of likely N-dealkylation sites (N-methyl/N-ethyl adjacent to an activating group) is 2. The van der Waals surface area contributed by atoms with Gasteiger partial charge in [0.05, 0.1) is 25.2 Å². The van der Waals surface area contributed by atoms with Crippen molar-refractivity contribution in [2.45, 2.75) is 179 Å². The van der Waals surface area contributed by atoms with Crippen LogP contribution in [0.25, 0.3) is 0 Å². The second kappa shape index (κ2) is 31.6. The van der Waals surface area contributed by atoms with E-state index in [0.29, 0.717) is 64.5 Å². The first-order valence-electron chi connectivity index (χ1n) is 30.7. The van der Waals surface area contributed by atoms with Crippen molar-refractivity contribution in [3.05, 3.63) is 71.3 Å². The van der Waals surface area contributed by atoms with Crippen LogP contribution < -0.4 is 31.9 Å². The average Bonchev–Trinajstić information content (AvgIpc) is 4.20. The predicted molar refractivity (Wildman–Crippen MR) is 308 cm³/mol. The lowest BCUT2D eigenvalue weighted by Crippen LogP contribution is -2.58. The highest BCUT2D eigenvalue weighted by Crippen LogP contribution is 2.33. The van der Waals surface area contributed by atoms with E-state index >= 15 is 0 Å². The molecule has 2 aliphatic heterocycles. The van der Waals surface area contributed by atoms with Gasteiger partial charge in [0.15, 0.2) is 0 Å². The summed E-state index contributed by atoms with van der Waals surface area (Å²) < 4.78 is 27.7. The van der Waals surface area contributed by atoms with Gasteiger partial charge in [-0.25, -0.2) is 8.78 Å². The first-order valence-corrected chi connectivity index (χ1v) is 30.7. The maximum absolute atomic E-state index is 14.5. The predicted octanol–water partition coefficient (Wildman–Crippen LogP) is 4.77. The zero-order chi connectivity index (χ0) is 58.7. The van der Waals surface area contributed by atoms with E-state index in [4.69, 9.17) is 0 Å². The van der Waals surface area contributed by atoms with Crippen molar-refractivity contribution >= 4 is 47.3 Å². The second-order valence-corrected chi connectivity index (χ2v) is 23.9. The summed E-state index contributed by atoms with van der Waals surface area (Å²) in [6, 6.07) is 9.28. The first-order chi connectivity index (χ1) is 39.5. The molecular weight excluding hydrogens is 1050 g/mol. The summed E-state index contributed by atoms with van der Waals surface area (Å²) in [6.07, 6.45) is 14.8. The smallest absolute Gasteiger partial charge is 0.245 e. The van der Waals surface area contributed by atoms with Gasteiger partial charge in [-0.2, -0.15) is 0 Å². The molecule has 0 bridgehead atoms. The van der Waals surface area contributed by atoms with E-state index in [1.165, 1.54) is 24.3 Å². The molecule has 0 radical (unpaired) electrons. The highest BCUT2D eigenvalue weighted by Gasteiger charge is 2.42. The molecule has 2 aromatic carbocycles. The Labute approximate surface area is 484 Å². The van der Waals surface area contributed by atoms with Gasteiger partial charge in [0, 0.05) is 63.2 Å². The number of rotatable bonds is 26. The lowest BCUT2D eigenvalue weighted by Gasteiger charge is -2.37. The fourth-order valence-corrected chi connectivity index (χ4v) is 12.9.